The molecule has 14 heavy (non-hydrogen) atoms. The Morgan fingerprint density at radius 1 is 1.29 bits per heavy atom. The molecule has 2 saturated heterocycles. The number of nitrogens with zero attached hydrogens (tertiary/aromatic N) is 1. The van der Waals surface area contributed by atoms with Gasteiger partial charge in [-0.1, -0.05) is 13.3 Å². The van der Waals surface area contributed by atoms with Crippen molar-refractivity contribution in [3.63, 3.8) is 0 Å². The average Bonchev–Trinajstić information content (AvgIpc) is 2.58. The van der Waals surface area contributed by atoms with Gasteiger partial charge in [0.15, 0.2) is 0 Å². The molecule has 0 aromatic carbocycles. The smallest absolute Gasteiger partial charge is 0.314 e. The second kappa shape index (κ2) is 3.36. The molecule has 0 saturated carbocycles. The maximum atomic E-state index is 11.4. The number of hydrogen-bond donors (Lipinski definition) is 3. The second-order valence-corrected chi connectivity index (χ2v) is 3.54. The summed E-state index contributed by atoms with van der Waals surface area (Å²) < 4.78 is 0. The van der Waals surface area contributed by atoms with Crippen LogP contribution in [0.15, 0.2) is 0 Å². The molecule has 2 fully saturated rings. The number of urea groups is 2. The third-order valence-corrected chi connectivity index (χ3v) is 2.51. The van der Waals surface area contributed by atoms with Crippen molar-refractivity contribution < 1.29 is 9.59 Å². The summed E-state index contributed by atoms with van der Waals surface area (Å²) in [6.07, 6.45) is 1.49. The number of nitrogens with one attached hydrogen (secondary N) is 3. The van der Waals surface area contributed by atoms with E-state index in [1.807, 2.05) is 0 Å². The van der Waals surface area contributed by atoms with E-state index in [1.165, 1.54) is 0 Å². The van der Waals surface area contributed by atoms with Crippen molar-refractivity contribution in [1.29, 1.82) is 0 Å². The van der Waals surface area contributed by atoms with Crippen molar-refractivity contribution >= 4 is 12.1 Å². The molecular formula is C8H14N4O2. The van der Waals surface area contributed by atoms with E-state index in [0.717, 1.165) is 12.8 Å². The van der Waals surface area contributed by atoms with Crippen molar-refractivity contribution in [2.24, 2.45) is 0 Å². The van der Waals surface area contributed by atoms with Crippen molar-refractivity contribution in [1.82, 2.24) is 20.9 Å². The van der Waals surface area contributed by atoms with Crippen LogP contribution in [0.2, 0.25) is 0 Å². The Morgan fingerprint density at radius 2 is 2.07 bits per heavy atom. The van der Waals surface area contributed by atoms with Gasteiger partial charge in [0.25, 0.3) is 0 Å². The summed E-state index contributed by atoms with van der Waals surface area (Å²) >= 11 is 0. The Morgan fingerprint density at radius 3 is 2.79 bits per heavy atom. The van der Waals surface area contributed by atoms with Crippen LogP contribution < -0.4 is 16.0 Å². The predicted octanol–water partition coefficient (Wildman–Crippen LogP) is -0.223. The molecule has 78 valence electrons. The minimum absolute atomic E-state index is 0.110. The third kappa shape index (κ3) is 1.36. The normalized spacial score (nSPS) is 29.6. The first-order valence-corrected chi connectivity index (χ1v) is 4.86. The van der Waals surface area contributed by atoms with Crippen molar-refractivity contribution in [3.8, 4) is 0 Å². The lowest BCUT2D eigenvalue weighted by molar-refractivity contribution is 0.195. The van der Waals surface area contributed by atoms with Gasteiger partial charge in [-0.3, -0.25) is 0 Å². The van der Waals surface area contributed by atoms with Gasteiger partial charge in [0.05, 0.1) is 0 Å². The number of hydrogen-bond acceptors (Lipinski definition) is 2. The van der Waals surface area contributed by atoms with Crippen LogP contribution in [0.1, 0.15) is 19.8 Å². The summed E-state index contributed by atoms with van der Waals surface area (Å²) in [5.41, 5.74) is 0. The molecule has 2 aliphatic rings. The predicted molar refractivity (Wildman–Crippen MR) is 49.4 cm³/mol. The highest BCUT2D eigenvalue weighted by Gasteiger charge is 2.44. The molecule has 4 amide bonds. The summed E-state index contributed by atoms with van der Waals surface area (Å²) in [6.45, 7) is 2.75. The monoisotopic (exact) mass is 198 g/mol. The van der Waals surface area contributed by atoms with Gasteiger partial charge < -0.3 is 20.9 Å². The van der Waals surface area contributed by atoms with Crippen LogP contribution in [0, 0.1) is 0 Å². The Bertz CT molecular complexity index is 268. The topological polar surface area (TPSA) is 73.5 Å². The van der Waals surface area contributed by atoms with E-state index in [1.54, 1.807) is 4.90 Å². The fraction of sp³-hybridized carbons (Fsp3) is 0.750. The molecule has 0 aromatic heterocycles. The highest BCUT2D eigenvalue weighted by atomic mass is 16.2. The van der Waals surface area contributed by atoms with Gasteiger partial charge in [0, 0.05) is 6.54 Å². The number of amides is 4. The summed E-state index contributed by atoms with van der Waals surface area (Å²) in [5.74, 6) is 0. The highest BCUT2D eigenvalue weighted by Crippen LogP contribution is 2.14. The van der Waals surface area contributed by atoms with Crippen LogP contribution in [0.4, 0.5) is 9.59 Å². The van der Waals surface area contributed by atoms with Crippen LogP contribution in [-0.2, 0) is 0 Å². The lowest BCUT2D eigenvalue weighted by atomic mass is 10.3. The summed E-state index contributed by atoms with van der Waals surface area (Å²) in [7, 11) is 0. The van der Waals surface area contributed by atoms with Crippen LogP contribution >= 0.6 is 0 Å². The molecule has 0 aromatic rings. The Labute approximate surface area is 82.0 Å². The summed E-state index contributed by atoms with van der Waals surface area (Å²) in [6, 6.07) is -0.331. The van der Waals surface area contributed by atoms with Crippen molar-refractivity contribution in [3.05, 3.63) is 0 Å². The fourth-order valence-corrected chi connectivity index (χ4v) is 1.76. The van der Waals surface area contributed by atoms with Gasteiger partial charge in [-0.05, 0) is 6.42 Å². The van der Waals surface area contributed by atoms with Crippen LogP contribution in [-0.4, -0.2) is 35.8 Å². The van der Waals surface area contributed by atoms with Gasteiger partial charge in [-0.15, -0.1) is 0 Å². The van der Waals surface area contributed by atoms with E-state index in [9.17, 15) is 9.59 Å². The molecule has 0 bridgehead atoms. The van der Waals surface area contributed by atoms with E-state index >= 15 is 0 Å². The van der Waals surface area contributed by atoms with Gasteiger partial charge in [-0.2, -0.15) is 0 Å². The molecule has 6 nitrogen and oxygen atoms in total. The number of carbonyl (C=O) groups is 2. The molecule has 0 radical (unpaired) electrons. The minimum Gasteiger partial charge on any atom is -0.314 e. The molecule has 0 unspecified atom stereocenters. The molecule has 2 rings (SSSR count). The molecule has 6 heteroatoms. The first-order chi connectivity index (χ1) is 6.72. The van der Waals surface area contributed by atoms with Gasteiger partial charge in [0.2, 0.25) is 0 Å². The first-order valence-electron chi connectivity index (χ1n) is 4.86. The zero-order chi connectivity index (χ0) is 10.1. The van der Waals surface area contributed by atoms with Crippen LogP contribution in [0.25, 0.3) is 0 Å². The molecule has 2 aliphatic heterocycles. The molecule has 2 heterocycles. The Kier molecular flexibility index (Phi) is 2.18. The fourth-order valence-electron chi connectivity index (χ4n) is 1.76. The first kappa shape index (κ1) is 9.11. The quantitative estimate of drug-likeness (QED) is 0.586. The maximum absolute atomic E-state index is 11.4. The third-order valence-electron chi connectivity index (χ3n) is 2.51. The van der Waals surface area contributed by atoms with Gasteiger partial charge in [-0.25, -0.2) is 9.59 Å². The van der Waals surface area contributed by atoms with E-state index < -0.39 is 0 Å². The van der Waals surface area contributed by atoms with Gasteiger partial charge in [0.1, 0.15) is 12.3 Å². The number of fused-ring (bicyclic) bond motifs is 1. The van der Waals surface area contributed by atoms with Crippen molar-refractivity contribution in [2.45, 2.75) is 32.1 Å². The number of carbonyl (C=O) groups excluding carboxylic acids is 2. The zero-order valence-electron chi connectivity index (χ0n) is 8.04. The maximum Gasteiger partial charge on any atom is 0.320 e. The van der Waals surface area contributed by atoms with E-state index in [2.05, 4.69) is 22.9 Å². The number of unbranched alkanes of at least 4 members (excludes halogenated alkanes) is 1. The average molecular weight is 198 g/mol. The zero-order valence-corrected chi connectivity index (χ0v) is 8.04. The lowest BCUT2D eigenvalue weighted by Crippen LogP contribution is -2.43. The largest absolute Gasteiger partial charge is 0.320 e. The van der Waals surface area contributed by atoms with E-state index in [-0.39, 0.29) is 24.4 Å². The second-order valence-electron chi connectivity index (χ2n) is 3.54. The lowest BCUT2D eigenvalue weighted by Gasteiger charge is -2.20. The Hall–Kier alpha value is -1.46. The minimum atomic E-state index is -0.271. The SMILES string of the molecule is CCCCN1C(=O)N[C@@H]2NC(=O)N[C@@H]21. The molecular weight excluding hydrogens is 184 g/mol. The van der Waals surface area contributed by atoms with Crippen molar-refractivity contribution in [2.75, 3.05) is 6.54 Å². The summed E-state index contributed by atoms with van der Waals surface area (Å²) in [4.78, 5) is 24.1. The van der Waals surface area contributed by atoms with E-state index in [0.29, 0.717) is 6.54 Å². The molecule has 0 aliphatic carbocycles. The highest BCUT2D eigenvalue weighted by molar-refractivity contribution is 5.84. The number of rotatable bonds is 3. The van der Waals surface area contributed by atoms with E-state index in [4.69, 9.17) is 0 Å². The molecule has 0 spiro atoms. The standard InChI is InChI=1S/C8H14N4O2/c1-2-3-4-12-6-5(10-8(12)14)9-7(13)11-6/h5-6H,2-4H2,1H3,(H,10,14)(H2,9,11,13)/t5-,6+/m0/s1. The molecule has 3 N–H and O–H groups in total. The Balaban J connectivity index is 2.01. The van der Waals surface area contributed by atoms with Crippen LogP contribution in [0.5, 0.6) is 0 Å². The van der Waals surface area contributed by atoms with Crippen LogP contribution in [0.3, 0.4) is 0 Å². The molecule has 2 atom stereocenters. The van der Waals surface area contributed by atoms with Gasteiger partial charge >= 0.3 is 12.1 Å². The summed E-state index contributed by atoms with van der Waals surface area (Å²) in [5, 5.41) is 8.02.